The van der Waals surface area contributed by atoms with Gasteiger partial charge in [0.05, 0.1) is 23.2 Å². The highest BCUT2D eigenvalue weighted by Crippen LogP contribution is 2.23. The van der Waals surface area contributed by atoms with E-state index in [0.717, 1.165) is 29.9 Å². The van der Waals surface area contributed by atoms with E-state index in [1.165, 1.54) is 19.3 Å². The molecule has 3 rings (SSSR count). The van der Waals surface area contributed by atoms with Crippen LogP contribution in [-0.4, -0.2) is 27.7 Å². The average molecular weight is 338 g/mol. The number of hydrogen-bond donors (Lipinski definition) is 2. The van der Waals surface area contributed by atoms with E-state index in [1.807, 2.05) is 24.3 Å². The molecular weight excluding hydrogens is 316 g/mol. The van der Waals surface area contributed by atoms with Gasteiger partial charge in [-0.2, -0.15) is 0 Å². The molecule has 1 heterocycles. The van der Waals surface area contributed by atoms with E-state index in [1.54, 1.807) is 18.2 Å². The van der Waals surface area contributed by atoms with Crippen molar-refractivity contribution in [3.63, 3.8) is 0 Å². The maximum atomic E-state index is 11.1. The molecule has 0 aliphatic carbocycles. The Morgan fingerprint density at radius 1 is 1.12 bits per heavy atom. The maximum absolute atomic E-state index is 11.1. The van der Waals surface area contributed by atoms with Crippen LogP contribution in [0.5, 0.6) is 5.75 Å². The van der Waals surface area contributed by atoms with Crippen LogP contribution in [0.3, 0.4) is 0 Å². The van der Waals surface area contributed by atoms with Crippen LogP contribution in [0, 0.1) is 0 Å². The van der Waals surface area contributed by atoms with Crippen molar-refractivity contribution in [1.29, 1.82) is 0 Å². The summed E-state index contributed by atoms with van der Waals surface area (Å²) >= 11 is 0. The molecule has 130 valence electrons. The number of ether oxygens (including phenoxy) is 1. The Kier molecular flexibility index (Phi) is 5.33. The first kappa shape index (κ1) is 17.0. The molecule has 0 amide bonds. The highest BCUT2D eigenvalue weighted by atomic mass is 16.5. The van der Waals surface area contributed by atoms with Gasteiger partial charge in [0.2, 0.25) is 0 Å². The summed E-state index contributed by atoms with van der Waals surface area (Å²) in [5.41, 5.74) is 2.63. The summed E-state index contributed by atoms with van der Waals surface area (Å²) in [6.45, 7) is 2.93. The predicted octanol–water partition coefficient (Wildman–Crippen LogP) is 4.89. The number of aromatic nitrogens is 2. The van der Waals surface area contributed by atoms with E-state index in [0.29, 0.717) is 11.3 Å². The molecule has 0 saturated heterocycles. The fourth-order valence-corrected chi connectivity index (χ4v) is 2.70. The Morgan fingerprint density at radius 2 is 1.92 bits per heavy atom. The predicted molar refractivity (Wildman–Crippen MR) is 98.1 cm³/mol. The topological polar surface area (TPSA) is 75.2 Å². The third-order valence-corrected chi connectivity index (χ3v) is 4.12. The molecule has 0 radical (unpaired) electrons. The van der Waals surface area contributed by atoms with Crippen LogP contribution < -0.4 is 4.74 Å². The lowest BCUT2D eigenvalue weighted by Crippen LogP contribution is -1.97. The summed E-state index contributed by atoms with van der Waals surface area (Å²) in [6, 6.07) is 12.7. The Balaban J connectivity index is 1.69. The Morgan fingerprint density at radius 3 is 2.64 bits per heavy atom. The summed E-state index contributed by atoms with van der Waals surface area (Å²) in [7, 11) is 0. The molecular formula is C20H22N2O3. The van der Waals surface area contributed by atoms with Gasteiger partial charge in [-0.15, -0.1) is 0 Å². The molecule has 1 aromatic heterocycles. The molecule has 0 aliphatic heterocycles. The maximum Gasteiger partial charge on any atom is 0.335 e. The van der Waals surface area contributed by atoms with Crippen molar-refractivity contribution in [2.45, 2.75) is 32.6 Å². The molecule has 3 aromatic rings. The van der Waals surface area contributed by atoms with E-state index >= 15 is 0 Å². The van der Waals surface area contributed by atoms with Crippen LogP contribution in [0.1, 0.15) is 43.0 Å². The van der Waals surface area contributed by atoms with Crippen molar-refractivity contribution in [2.75, 3.05) is 6.61 Å². The van der Waals surface area contributed by atoms with Crippen molar-refractivity contribution >= 4 is 17.0 Å². The van der Waals surface area contributed by atoms with E-state index in [9.17, 15) is 4.79 Å². The average Bonchev–Trinajstić information content (AvgIpc) is 3.05. The molecule has 0 unspecified atom stereocenters. The first-order valence-electron chi connectivity index (χ1n) is 8.63. The summed E-state index contributed by atoms with van der Waals surface area (Å²) < 4.78 is 5.75. The zero-order chi connectivity index (χ0) is 17.6. The fourth-order valence-electron chi connectivity index (χ4n) is 2.70. The van der Waals surface area contributed by atoms with E-state index in [2.05, 4.69) is 16.9 Å². The summed E-state index contributed by atoms with van der Waals surface area (Å²) in [5.74, 6) is 0.614. The number of rotatable bonds is 8. The first-order chi connectivity index (χ1) is 12.2. The second kappa shape index (κ2) is 7.83. The number of carboxylic acid groups (broad SMARTS) is 1. The fraction of sp³-hybridized carbons (Fsp3) is 0.300. The number of hydrogen-bond acceptors (Lipinski definition) is 3. The molecule has 0 atom stereocenters. The lowest BCUT2D eigenvalue weighted by atomic mass is 10.2. The standard InChI is InChI=1S/C20H22N2O3/c1-2-3-4-5-12-25-16-9-6-14(7-10-16)19-21-17-11-8-15(20(23)24)13-18(17)22-19/h6-11,13H,2-5,12H2,1H3,(H,21,22)(H,23,24). The van der Waals surface area contributed by atoms with Gasteiger partial charge in [0.1, 0.15) is 11.6 Å². The number of fused-ring (bicyclic) bond motifs is 1. The van der Waals surface area contributed by atoms with Crippen molar-refractivity contribution in [3.8, 4) is 17.1 Å². The summed E-state index contributed by atoms with van der Waals surface area (Å²) in [6.07, 6.45) is 4.75. The van der Waals surface area contributed by atoms with Crippen molar-refractivity contribution in [1.82, 2.24) is 9.97 Å². The highest BCUT2D eigenvalue weighted by Gasteiger charge is 2.09. The van der Waals surface area contributed by atoms with E-state index in [-0.39, 0.29) is 5.56 Å². The number of imidazole rings is 1. The molecule has 5 nitrogen and oxygen atoms in total. The molecule has 5 heteroatoms. The number of carboxylic acids is 1. The second-order valence-electron chi connectivity index (χ2n) is 6.06. The van der Waals surface area contributed by atoms with Crippen molar-refractivity contribution < 1.29 is 14.6 Å². The first-order valence-corrected chi connectivity index (χ1v) is 8.63. The van der Waals surface area contributed by atoms with Crippen molar-refractivity contribution in [2.24, 2.45) is 0 Å². The summed E-state index contributed by atoms with van der Waals surface area (Å²) in [4.78, 5) is 18.8. The number of benzene rings is 2. The highest BCUT2D eigenvalue weighted by molar-refractivity contribution is 5.93. The minimum absolute atomic E-state index is 0.234. The van der Waals surface area contributed by atoms with Crippen LogP contribution in [0.15, 0.2) is 42.5 Å². The lowest BCUT2D eigenvalue weighted by Gasteiger charge is -2.06. The van der Waals surface area contributed by atoms with Gasteiger partial charge < -0.3 is 14.8 Å². The molecule has 25 heavy (non-hydrogen) atoms. The number of H-pyrrole nitrogens is 1. The molecule has 0 saturated carbocycles. The minimum Gasteiger partial charge on any atom is -0.494 e. The third kappa shape index (κ3) is 4.18. The minimum atomic E-state index is -0.952. The van der Waals surface area contributed by atoms with Crippen LogP contribution in [0.4, 0.5) is 0 Å². The zero-order valence-corrected chi connectivity index (χ0v) is 14.3. The van der Waals surface area contributed by atoms with Gasteiger partial charge in [-0.1, -0.05) is 26.2 Å². The van der Waals surface area contributed by atoms with Gasteiger partial charge in [-0.05, 0) is 48.9 Å². The van der Waals surface area contributed by atoms with Crippen LogP contribution >= 0.6 is 0 Å². The van der Waals surface area contributed by atoms with Crippen molar-refractivity contribution in [3.05, 3.63) is 48.0 Å². The smallest absolute Gasteiger partial charge is 0.335 e. The second-order valence-corrected chi connectivity index (χ2v) is 6.06. The number of aromatic amines is 1. The molecule has 0 spiro atoms. The molecule has 2 aromatic carbocycles. The zero-order valence-electron chi connectivity index (χ0n) is 14.3. The Bertz CT molecular complexity index is 853. The van der Waals surface area contributed by atoms with Crippen LogP contribution in [-0.2, 0) is 0 Å². The number of nitrogens with zero attached hydrogens (tertiary/aromatic N) is 1. The number of aromatic carboxylic acids is 1. The quantitative estimate of drug-likeness (QED) is 0.574. The summed E-state index contributed by atoms with van der Waals surface area (Å²) in [5, 5.41) is 9.07. The van der Waals surface area contributed by atoms with E-state index < -0.39 is 5.97 Å². The molecule has 0 aliphatic rings. The van der Waals surface area contributed by atoms with Gasteiger partial charge in [-0.25, -0.2) is 9.78 Å². The Labute approximate surface area is 146 Å². The Hall–Kier alpha value is -2.82. The largest absolute Gasteiger partial charge is 0.494 e. The van der Waals surface area contributed by atoms with Gasteiger partial charge in [0.25, 0.3) is 0 Å². The van der Waals surface area contributed by atoms with Gasteiger partial charge in [0, 0.05) is 5.56 Å². The molecule has 2 N–H and O–H groups in total. The van der Waals surface area contributed by atoms with Gasteiger partial charge >= 0.3 is 5.97 Å². The molecule has 0 bridgehead atoms. The lowest BCUT2D eigenvalue weighted by molar-refractivity contribution is 0.0697. The molecule has 0 fully saturated rings. The third-order valence-electron chi connectivity index (χ3n) is 4.12. The van der Waals surface area contributed by atoms with Crippen LogP contribution in [0.2, 0.25) is 0 Å². The van der Waals surface area contributed by atoms with Gasteiger partial charge in [-0.3, -0.25) is 0 Å². The number of carbonyl (C=O) groups is 1. The monoisotopic (exact) mass is 338 g/mol. The van der Waals surface area contributed by atoms with E-state index in [4.69, 9.17) is 9.84 Å². The normalized spacial score (nSPS) is 10.9. The SMILES string of the molecule is CCCCCCOc1ccc(-c2nc3cc(C(=O)O)ccc3[nH]2)cc1. The number of unbranched alkanes of at least 4 members (excludes halogenated alkanes) is 3. The van der Waals surface area contributed by atoms with Gasteiger partial charge in [0.15, 0.2) is 0 Å². The number of nitrogens with one attached hydrogen (secondary N) is 1. The van der Waals surface area contributed by atoms with Crippen LogP contribution in [0.25, 0.3) is 22.4 Å².